The second kappa shape index (κ2) is 7.11. The minimum absolute atomic E-state index is 0.0194. The Balaban J connectivity index is 1.46. The predicted molar refractivity (Wildman–Crippen MR) is 96.8 cm³/mol. The second-order valence-corrected chi connectivity index (χ2v) is 7.73. The van der Waals surface area contributed by atoms with Gasteiger partial charge >= 0.3 is 6.03 Å². The normalized spacial score (nSPS) is 22.0. The molecule has 1 heterocycles. The molecule has 1 saturated carbocycles. The molecular formula is C19H30N4O. The lowest BCUT2D eigenvalue weighted by molar-refractivity contribution is 0.125. The lowest BCUT2D eigenvalue weighted by Crippen LogP contribution is -2.45. The molecule has 1 aromatic carbocycles. The number of carbonyl (C=O) groups excluding carboxylic acids is 1. The number of rotatable bonds is 5. The van der Waals surface area contributed by atoms with Crippen LogP contribution in [-0.2, 0) is 13.0 Å². The fraction of sp³-hybridized carbons (Fsp3) is 0.632. The molecular weight excluding hydrogens is 300 g/mol. The number of hydrogen-bond acceptors (Lipinski definition) is 3. The molecule has 1 aliphatic heterocycles. The second-order valence-electron chi connectivity index (χ2n) is 7.73. The van der Waals surface area contributed by atoms with Gasteiger partial charge in [0.25, 0.3) is 0 Å². The third kappa shape index (κ3) is 3.73. The first-order valence-corrected chi connectivity index (χ1v) is 8.99. The van der Waals surface area contributed by atoms with Gasteiger partial charge in [0.15, 0.2) is 0 Å². The Hall–Kier alpha value is -1.59. The van der Waals surface area contributed by atoms with Crippen LogP contribution in [-0.4, -0.2) is 55.6 Å². The SMILES string of the molecule is CN(C)CCc1ccc(CNC(=O)N2CC(N)C3(CCC3)C2)cc1. The summed E-state index contributed by atoms with van der Waals surface area (Å²) in [6, 6.07) is 8.68. The van der Waals surface area contributed by atoms with E-state index >= 15 is 0 Å². The number of amides is 2. The highest BCUT2D eigenvalue weighted by Gasteiger charge is 2.49. The van der Waals surface area contributed by atoms with Crippen molar-refractivity contribution < 1.29 is 4.79 Å². The summed E-state index contributed by atoms with van der Waals surface area (Å²) in [5.74, 6) is 0. The van der Waals surface area contributed by atoms with E-state index in [-0.39, 0.29) is 17.5 Å². The van der Waals surface area contributed by atoms with Gasteiger partial charge in [0.2, 0.25) is 0 Å². The van der Waals surface area contributed by atoms with E-state index in [1.54, 1.807) is 0 Å². The van der Waals surface area contributed by atoms with Crippen LogP contribution in [0.3, 0.4) is 0 Å². The fourth-order valence-electron chi connectivity index (χ4n) is 3.77. The summed E-state index contributed by atoms with van der Waals surface area (Å²) in [6.07, 6.45) is 4.65. The third-order valence-corrected chi connectivity index (χ3v) is 5.66. The molecule has 24 heavy (non-hydrogen) atoms. The number of benzene rings is 1. The first-order chi connectivity index (χ1) is 11.5. The van der Waals surface area contributed by atoms with Gasteiger partial charge < -0.3 is 20.9 Å². The summed E-state index contributed by atoms with van der Waals surface area (Å²) < 4.78 is 0. The lowest BCUT2D eigenvalue weighted by atomic mass is 9.66. The van der Waals surface area contributed by atoms with Crippen LogP contribution in [0.4, 0.5) is 4.79 Å². The summed E-state index contributed by atoms with van der Waals surface area (Å²) in [7, 11) is 4.17. The average molecular weight is 330 g/mol. The number of nitrogens with one attached hydrogen (secondary N) is 1. The van der Waals surface area contributed by atoms with Gasteiger partial charge in [-0.05, 0) is 44.5 Å². The molecule has 1 aromatic rings. The van der Waals surface area contributed by atoms with Crippen molar-refractivity contribution in [1.82, 2.24) is 15.1 Å². The van der Waals surface area contributed by atoms with Crippen molar-refractivity contribution in [3.8, 4) is 0 Å². The van der Waals surface area contributed by atoms with Crippen LogP contribution in [0.25, 0.3) is 0 Å². The Bertz CT molecular complexity index is 565. The molecule has 0 bridgehead atoms. The smallest absolute Gasteiger partial charge is 0.317 e. The third-order valence-electron chi connectivity index (χ3n) is 5.66. The van der Waals surface area contributed by atoms with Crippen LogP contribution >= 0.6 is 0 Å². The zero-order chi connectivity index (χ0) is 17.2. The number of nitrogens with two attached hydrogens (primary N) is 1. The highest BCUT2D eigenvalue weighted by molar-refractivity contribution is 5.74. The van der Waals surface area contributed by atoms with Crippen LogP contribution in [0.1, 0.15) is 30.4 Å². The Labute approximate surface area is 145 Å². The van der Waals surface area contributed by atoms with Crippen molar-refractivity contribution in [2.75, 3.05) is 33.7 Å². The van der Waals surface area contributed by atoms with Crippen molar-refractivity contribution >= 4 is 6.03 Å². The molecule has 2 fully saturated rings. The van der Waals surface area contributed by atoms with Gasteiger partial charge in [-0.15, -0.1) is 0 Å². The molecule has 5 heteroatoms. The van der Waals surface area contributed by atoms with Crippen molar-refractivity contribution in [3.63, 3.8) is 0 Å². The first-order valence-electron chi connectivity index (χ1n) is 8.99. The average Bonchev–Trinajstić information content (AvgIpc) is 2.89. The van der Waals surface area contributed by atoms with E-state index in [0.29, 0.717) is 13.1 Å². The minimum atomic E-state index is 0.0194. The first kappa shape index (κ1) is 17.2. The van der Waals surface area contributed by atoms with E-state index in [9.17, 15) is 4.79 Å². The Kier molecular flexibility index (Phi) is 5.11. The van der Waals surface area contributed by atoms with E-state index < -0.39 is 0 Å². The van der Waals surface area contributed by atoms with Gasteiger partial charge in [0.05, 0.1) is 0 Å². The maximum absolute atomic E-state index is 12.4. The van der Waals surface area contributed by atoms with E-state index in [2.05, 4.69) is 48.6 Å². The summed E-state index contributed by atoms with van der Waals surface area (Å²) in [5, 5.41) is 3.04. The molecule has 2 amide bonds. The molecule has 0 radical (unpaired) electrons. The maximum Gasteiger partial charge on any atom is 0.317 e. The van der Waals surface area contributed by atoms with E-state index in [4.69, 9.17) is 5.73 Å². The summed E-state index contributed by atoms with van der Waals surface area (Å²) in [4.78, 5) is 16.5. The number of carbonyl (C=O) groups is 1. The minimum Gasteiger partial charge on any atom is -0.334 e. The standard InChI is InChI=1S/C19H30N4O/c1-22(2)11-8-15-4-6-16(7-5-15)12-21-18(24)23-13-17(20)19(14-23)9-3-10-19/h4-7,17H,3,8-14,20H2,1-2H3,(H,21,24). The topological polar surface area (TPSA) is 61.6 Å². The van der Waals surface area contributed by atoms with Crippen LogP contribution in [0.15, 0.2) is 24.3 Å². The molecule has 1 spiro atoms. The molecule has 0 aromatic heterocycles. The van der Waals surface area contributed by atoms with Crippen molar-refractivity contribution in [1.29, 1.82) is 0 Å². The van der Waals surface area contributed by atoms with E-state index in [0.717, 1.165) is 25.1 Å². The van der Waals surface area contributed by atoms with Gasteiger partial charge in [-0.2, -0.15) is 0 Å². The molecule has 132 valence electrons. The predicted octanol–water partition coefficient (Wildman–Crippen LogP) is 1.81. The Morgan fingerprint density at radius 2 is 1.96 bits per heavy atom. The molecule has 1 unspecified atom stereocenters. The molecule has 1 aliphatic carbocycles. The number of nitrogens with zero attached hydrogens (tertiary/aromatic N) is 2. The van der Waals surface area contributed by atoms with Gasteiger partial charge in [-0.3, -0.25) is 0 Å². The van der Waals surface area contributed by atoms with Crippen molar-refractivity contribution in [3.05, 3.63) is 35.4 Å². The maximum atomic E-state index is 12.4. The molecule has 5 nitrogen and oxygen atoms in total. The summed E-state index contributed by atoms with van der Waals surface area (Å²) in [5.41, 5.74) is 8.93. The van der Waals surface area contributed by atoms with Crippen LogP contribution in [0.5, 0.6) is 0 Å². The number of likely N-dealkylation sites (N-methyl/N-ethyl adjacent to an activating group) is 1. The van der Waals surface area contributed by atoms with Crippen molar-refractivity contribution in [2.24, 2.45) is 11.1 Å². The zero-order valence-electron chi connectivity index (χ0n) is 14.9. The fourth-order valence-corrected chi connectivity index (χ4v) is 3.77. The molecule has 1 saturated heterocycles. The van der Waals surface area contributed by atoms with E-state index in [1.807, 2.05) is 4.90 Å². The van der Waals surface area contributed by atoms with Gasteiger partial charge in [0, 0.05) is 37.6 Å². The summed E-state index contributed by atoms with van der Waals surface area (Å²) >= 11 is 0. The largest absolute Gasteiger partial charge is 0.334 e. The van der Waals surface area contributed by atoms with Crippen LogP contribution in [0, 0.1) is 5.41 Å². The number of likely N-dealkylation sites (tertiary alicyclic amines) is 1. The highest BCUT2D eigenvalue weighted by atomic mass is 16.2. The van der Waals surface area contributed by atoms with Crippen LogP contribution in [0.2, 0.25) is 0 Å². The lowest BCUT2D eigenvalue weighted by Gasteiger charge is -2.41. The molecule has 3 rings (SSSR count). The van der Waals surface area contributed by atoms with E-state index in [1.165, 1.54) is 24.8 Å². The molecule has 2 aliphatic rings. The molecule has 1 atom stereocenters. The number of urea groups is 1. The highest BCUT2D eigenvalue weighted by Crippen LogP contribution is 2.47. The zero-order valence-corrected chi connectivity index (χ0v) is 14.9. The quantitative estimate of drug-likeness (QED) is 0.866. The number of hydrogen-bond donors (Lipinski definition) is 2. The van der Waals surface area contributed by atoms with Gasteiger partial charge in [-0.25, -0.2) is 4.79 Å². The van der Waals surface area contributed by atoms with Crippen LogP contribution < -0.4 is 11.1 Å². The van der Waals surface area contributed by atoms with Gasteiger partial charge in [0.1, 0.15) is 0 Å². The van der Waals surface area contributed by atoms with Gasteiger partial charge in [-0.1, -0.05) is 30.7 Å². The summed E-state index contributed by atoms with van der Waals surface area (Å²) in [6.45, 7) is 3.14. The van der Waals surface area contributed by atoms with Crippen molar-refractivity contribution in [2.45, 2.75) is 38.3 Å². The monoisotopic (exact) mass is 330 g/mol. The Morgan fingerprint density at radius 3 is 2.50 bits per heavy atom. The molecule has 3 N–H and O–H groups in total. The Morgan fingerprint density at radius 1 is 1.29 bits per heavy atom.